The second kappa shape index (κ2) is 12.6. The molecular weight excluding hydrogens is 276 g/mol. The van der Waals surface area contributed by atoms with Crippen molar-refractivity contribution in [1.29, 1.82) is 0 Å². The van der Waals surface area contributed by atoms with Crippen LogP contribution in [0.5, 0.6) is 0 Å². The van der Waals surface area contributed by atoms with Crippen molar-refractivity contribution < 1.29 is 9.47 Å². The maximum atomic E-state index is 5.38. The molecule has 0 radical (unpaired) electrons. The highest BCUT2D eigenvalue weighted by atomic mass is 32.2. The normalized spacial score (nSPS) is 12.9. The van der Waals surface area contributed by atoms with Gasteiger partial charge in [-0.25, -0.2) is 0 Å². The van der Waals surface area contributed by atoms with E-state index in [-0.39, 0.29) is 0 Å². The number of rotatable bonds is 9. The van der Waals surface area contributed by atoms with E-state index in [4.69, 9.17) is 32.6 Å². The minimum Gasteiger partial charge on any atom is -0.378 e. The molecule has 0 aliphatic rings. The molecule has 0 unspecified atom stereocenters. The molecule has 0 aliphatic heterocycles. The summed E-state index contributed by atoms with van der Waals surface area (Å²) in [5.74, 6) is 11.4. The predicted octanol–water partition coefficient (Wildman–Crippen LogP) is -1.14. The molecule has 0 spiro atoms. The van der Waals surface area contributed by atoms with Gasteiger partial charge in [-0.05, 0) is 0 Å². The first-order chi connectivity index (χ1) is 8.70. The molecule has 0 bridgehead atoms. The van der Waals surface area contributed by atoms with E-state index in [1.165, 1.54) is 23.5 Å². The van der Waals surface area contributed by atoms with Crippen molar-refractivity contribution in [3.63, 3.8) is 0 Å². The Kier molecular flexibility index (Phi) is 12.0. The lowest BCUT2D eigenvalue weighted by Gasteiger charge is -2.05. The molecule has 0 atom stereocenters. The van der Waals surface area contributed by atoms with E-state index in [0.29, 0.717) is 48.3 Å². The van der Waals surface area contributed by atoms with Crippen LogP contribution in [0.4, 0.5) is 0 Å². The molecule has 0 aromatic rings. The molecule has 10 heteroatoms. The van der Waals surface area contributed by atoms with Crippen LogP contribution < -0.4 is 23.2 Å². The average Bonchev–Trinajstić information content (AvgIpc) is 2.40. The zero-order valence-electron chi connectivity index (χ0n) is 10.1. The predicted molar refractivity (Wildman–Crippen MR) is 78.2 cm³/mol. The smallest absolute Gasteiger partial charge is 0.177 e. The molecule has 0 amide bonds. The fraction of sp³-hybridized carbons (Fsp3) is 0.750. The van der Waals surface area contributed by atoms with Crippen LogP contribution >= 0.6 is 23.5 Å². The van der Waals surface area contributed by atoms with Gasteiger partial charge in [-0.2, -0.15) is 10.2 Å². The number of ether oxygens (including phenoxy) is 2. The summed E-state index contributed by atoms with van der Waals surface area (Å²) in [5.41, 5.74) is 10.8. The van der Waals surface area contributed by atoms with Crippen LogP contribution in [0.25, 0.3) is 0 Å². The lowest BCUT2D eigenvalue weighted by Crippen LogP contribution is -2.14. The van der Waals surface area contributed by atoms with Crippen molar-refractivity contribution in [3.8, 4) is 0 Å². The number of hydrazone groups is 2. The van der Waals surface area contributed by atoms with Gasteiger partial charge in [0.15, 0.2) is 10.3 Å². The van der Waals surface area contributed by atoms with Gasteiger partial charge in [0.1, 0.15) is 0 Å². The minimum atomic E-state index is 0.353. The molecule has 0 aliphatic carbocycles. The molecular formula is C8H20N6O2S2. The Hall–Kier alpha value is -0.840. The van der Waals surface area contributed by atoms with Gasteiger partial charge in [0.25, 0.3) is 0 Å². The van der Waals surface area contributed by atoms with E-state index in [1.807, 2.05) is 0 Å². The van der Waals surface area contributed by atoms with E-state index >= 15 is 0 Å². The van der Waals surface area contributed by atoms with Crippen LogP contribution in [0.3, 0.4) is 0 Å². The Morgan fingerprint density at radius 1 is 0.778 bits per heavy atom. The number of nitrogens with two attached hydrogens (primary N) is 4. The zero-order chi connectivity index (χ0) is 13.6. The summed E-state index contributed by atoms with van der Waals surface area (Å²) in [6.07, 6.45) is 0. The van der Waals surface area contributed by atoms with Gasteiger partial charge >= 0.3 is 0 Å². The van der Waals surface area contributed by atoms with Gasteiger partial charge < -0.3 is 32.6 Å². The van der Waals surface area contributed by atoms with Gasteiger partial charge in [-0.3, -0.25) is 0 Å². The first-order valence-corrected chi connectivity index (χ1v) is 7.15. The SMILES string of the molecule is N/N=C(\N)SCCOCCOCCS/C(N)=N/N. The number of nitrogens with zero attached hydrogens (tertiary/aromatic N) is 2. The quantitative estimate of drug-likeness (QED) is 0.137. The third-order valence-corrected chi connectivity index (χ3v) is 3.13. The largest absolute Gasteiger partial charge is 0.378 e. The summed E-state index contributed by atoms with van der Waals surface area (Å²) >= 11 is 2.70. The summed E-state index contributed by atoms with van der Waals surface area (Å²) in [6, 6.07) is 0. The van der Waals surface area contributed by atoms with Crippen molar-refractivity contribution >= 4 is 33.9 Å². The molecule has 0 saturated heterocycles. The molecule has 0 rings (SSSR count). The molecule has 8 N–H and O–H groups in total. The van der Waals surface area contributed by atoms with Crippen molar-refractivity contribution in [3.05, 3.63) is 0 Å². The fourth-order valence-corrected chi connectivity index (χ4v) is 1.78. The van der Waals surface area contributed by atoms with Crippen LogP contribution in [0.15, 0.2) is 10.2 Å². The number of thioether (sulfide) groups is 2. The summed E-state index contributed by atoms with van der Waals surface area (Å²) in [7, 11) is 0. The molecule has 0 fully saturated rings. The van der Waals surface area contributed by atoms with Gasteiger partial charge in [0, 0.05) is 11.5 Å². The van der Waals surface area contributed by atoms with E-state index < -0.39 is 0 Å². The molecule has 0 saturated carbocycles. The Labute approximate surface area is 115 Å². The lowest BCUT2D eigenvalue weighted by molar-refractivity contribution is 0.0606. The second-order valence-corrected chi connectivity index (χ2v) is 5.09. The summed E-state index contributed by atoms with van der Waals surface area (Å²) in [6.45, 7) is 2.22. The highest BCUT2D eigenvalue weighted by Crippen LogP contribution is 1.99. The van der Waals surface area contributed by atoms with E-state index in [2.05, 4.69) is 10.2 Å². The summed E-state index contributed by atoms with van der Waals surface area (Å²) < 4.78 is 10.6. The van der Waals surface area contributed by atoms with Gasteiger partial charge in [-0.1, -0.05) is 23.5 Å². The van der Waals surface area contributed by atoms with E-state index in [1.54, 1.807) is 0 Å². The molecule has 106 valence electrons. The van der Waals surface area contributed by atoms with Crippen LogP contribution in [0.2, 0.25) is 0 Å². The first-order valence-electron chi connectivity index (χ1n) is 5.18. The van der Waals surface area contributed by atoms with Crippen LogP contribution in [-0.4, -0.2) is 48.3 Å². The van der Waals surface area contributed by atoms with Crippen LogP contribution in [0, 0.1) is 0 Å². The van der Waals surface area contributed by atoms with Crippen molar-refractivity contribution in [2.45, 2.75) is 0 Å². The fourth-order valence-electron chi connectivity index (χ4n) is 0.807. The first kappa shape index (κ1) is 17.2. The maximum absolute atomic E-state index is 5.38. The van der Waals surface area contributed by atoms with Gasteiger partial charge in [-0.15, -0.1) is 0 Å². The average molecular weight is 296 g/mol. The highest BCUT2D eigenvalue weighted by molar-refractivity contribution is 8.14. The molecule has 0 aromatic heterocycles. The van der Waals surface area contributed by atoms with Crippen LogP contribution in [-0.2, 0) is 9.47 Å². The van der Waals surface area contributed by atoms with Gasteiger partial charge in [0.2, 0.25) is 0 Å². The Balaban J connectivity index is 3.12. The number of hydrogen-bond acceptors (Lipinski definition) is 8. The second-order valence-electron chi connectivity index (χ2n) is 2.86. The third kappa shape index (κ3) is 11.6. The van der Waals surface area contributed by atoms with E-state index in [0.717, 1.165) is 0 Å². The zero-order valence-corrected chi connectivity index (χ0v) is 11.7. The lowest BCUT2D eigenvalue weighted by atomic mass is 10.7. The molecule has 0 aromatic carbocycles. The van der Waals surface area contributed by atoms with E-state index in [9.17, 15) is 0 Å². The van der Waals surface area contributed by atoms with Crippen LogP contribution in [0.1, 0.15) is 0 Å². The topological polar surface area (TPSA) is 147 Å². The highest BCUT2D eigenvalue weighted by Gasteiger charge is 1.95. The Morgan fingerprint density at radius 2 is 1.17 bits per heavy atom. The van der Waals surface area contributed by atoms with Crippen molar-refractivity contribution in [1.82, 2.24) is 0 Å². The monoisotopic (exact) mass is 296 g/mol. The third-order valence-electron chi connectivity index (χ3n) is 1.58. The maximum Gasteiger partial charge on any atom is 0.177 e. The summed E-state index contributed by atoms with van der Waals surface area (Å²) in [5, 5.41) is 7.35. The molecule has 8 nitrogen and oxygen atoms in total. The minimum absolute atomic E-state index is 0.353. The molecule has 0 heterocycles. The van der Waals surface area contributed by atoms with Crippen molar-refractivity contribution in [2.75, 3.05) is 37.9 Å². The molecule has 18 heavy (non-hydrogen) atoms. The number of hydrogen-bond donors (Lipinski definition) is 4. The van der Waals surface area contributed by atoms with Crippen molar-refractivity contribution in [2.24, 2.45) is 33.4 Å². The Bertz CT molecular complexity index is 238. The Morgan fingerprint density at radius 3 is 1.50 bits per heavy atom. The number of amidine groups is 2. The van der Waals surface area contributed by atoms with Gasteiger partial charge in [0.05, 0.1) is 26.4 Å². The summed E-state index contributed by atoms with van der Waals surface area (Å²) in [4.78, 5) is 0. The standard InChI is InChI=1S/C8H20N6O2S2/c9-7(13-11)17-5-3-15-1-2-16-4-6-18-8(10)14-12/h1-6,11-12H2,(H2,9,13)(H2,10,14).